The lowest BCUT2D eigenvalue weighted by molar-refractivity contribution is -0.136. The summed E-state index contributed by atoms with van der Waals surface area (Å²) in [7, 11) is 1.98. The molecule has 13 nitrogen and oxygen atoms in total. The van der Waals surface area contributed by atoms with Gasteiger partial charge < -0.3 is 4.90 Å². The standard InChI is InChI=1S/C48H53ClN8O5/c1-53-52-37(27-55(53)32-13-14-33-34(25-32)46(62)57(45(33)61)39-16-17-41(58)50-43(39)59)30-10-8-28(9-11-30)26-54-22-18-29(19-23-54)31-12-15-35-40(24-31)56-38-7-5-6-36(49)42(38)44(60)51-47(56)48(35)20-3-2-4-21-48/h5-7,12-15,24-25,28-30,37,39,52H,2-4,8-11,16-23,26-27H2,1H3,(H,50,58,59). The van der Waals surface area contributed by atoms with Gasteiger partial charge in [-0.05, 0) is 136 Å². The number of carbonyl (C=O) groups is 4. The Kier molecular flexibility index (Phi) is 9.90. The third-order valence-electron chi connectivity index (χ3n) is 15.6. The maximum atomic E-state index is 13.5. The summed E-state index contributed by atoms with van der Waals surface area (Å²) in [5.74, 6) is 0.631. The number of nitrogens with zero attached hydrogens (tertiary/aromatic N) is 6. The van der Waals surface area contributed by atoms with Gasteiger partial charge in [0.2, 0.25) is 11.8 Å². The molecule has 6 heterocycles. The molecule has 1 aromatic heterocycles. The van der Waals surface area contributed by atoms with Crippen LogP contribution < -0.4 is 21.3 Å². The van der Waals surface area contributed by atoms with Crippen molar-refractivity contribution in [2.75, 3.05) is 38.2 Å². The number of rotatable bonds is 6. The zero-order chi connectivity index (χ0) is 42.4. The maximum absolute atomic E-state index is 13.5. The molecule has 3 aromatic carbocycles. The number of hydrogen-bond donors (Lipinski definition) is 2. The lowest BCUT2D eigenvalue weighted by Crippen LogP contribution is -2.54. The molecule has 2 aliphatic carbocycles. The zero-order valence-electron chi connectivity index (χ0n) is 35.2. The Morgan fingerprint density at radius 2 is 1.61 bits per heavy atom. The normalized spacial score (nSPS) is 26.7. The second-order valence-corrected chi connectivity index (χ2v) is 19.4. The van der Waals surface area contributed by atoms with E-state index in [-0.39, 0.29) is 41.3 Å². The highest BCUT2D eigenvalue weighted by molar-refractivity contribution is 6.35. The third kappa shape index (κ3) is 6.44. The molecule has 2 saturated carbocycles. The van der Waals surface area contributed by atoms with Crippen molar-refractivity contribution in [3.05, 3.63) is 98.1 Å². The monoisotopic (exact) mass is 856 g/mol. The molecule has 3 saturated heterocycles. The van der Waals surface area contributed by atoms with Crippen LogP contribution in [0.2, 0.25) is 5.02 Å². The number of hydrogen-bond acceptors (Lipinski definition) is 10. The van der Waals surface area contributed by atoms with Gasteiger partial charge >= 0.3 is 0 Å². The van der Waals surface area contributed by atoms with Crippen molar-refractivity contribution >= 4 is 51.8 Å². The van der Waals surface area contributed by atoms with Crippen LogP contribution in [0.3, 0.4) is 0 Å². The quantitative estimate of drug-likeness (QED) is 0.215. The van der Waals surface area contributed by atoms with Gasteiger partial charge in [-0.2, -0.15) is 10.1 Å². The van der Waals surface area contributed by atoms with E-state index in [0.717, 1.165) is 99.5 Å². The molecule has 0 radical (unpaired) electrons. The van der Waals surface area contributed by atoms with Crippen LogP contribution in [0.1, 0.15) is 127 Å². The van der Waals surface area contributed by atoms with Crippen LogP contribution in [0.5, 0.6) is 0 Å². The van der Waals surface area contributed by atoms with Gasteiger partial charge in [0.25, 0.3) is 17.4 Å². The van der Waals surface area contributed by atoms with E-state index in [0.29, 0.717) is 33.7 Å². The van der Waals surface area contributed by atoms with Crippen molar-refractivity contribution in [3.63, 3.8) is 0 Å². The van der Waals surface area contributed by atoms with E-state index in [2.05, 4.69) is 43.4 Å². The lowest BCUT2D eigenvalue weighted by atomic mass is 9.69. The van der Waals surface area contributed by atoms with Gasteiger partial charge in [-0.25, -0.2) is 5.43 Å². The van der Waals surface area contributed by atoms with Crippen molar-refractivity contribution in [1.29, 1.82) is 0 Å². The molecule has 0 bridgehead atoms. The maximum Gasteiger partial charge on any atom is 0.282 e. The second kappa shape index (κ2) is 15.4. The summed E-state index contributed by atoms with van der Waals surface area (Å²) in [5.41, 5.74) is 9.38. The average molecular weight is 857 g/mol. The van der Waals surface area contributed by atoms with Gasteiger partial charge in [0.1, 0.15) is 11.9 Å². The second-order valence-electron chi connectivity index (χ2n) is 19.0. The lowest BCUT2D eigenvalue weighted by Gasteiger charge is -2.38. The van der Waals surface area contributed by atoms with E-state index in [1.165, 1.54) is 36.1 Å². The Morgan fingerprint density at radius 1 is 0.839 bits per heavy atom. The first-order valence-corrected chi connectivity index (χ1v) is 23.2. The van der Waals surface area contributed by atoms with Gasteiger partial charge in [0.05, 0.1) is 50.4 Å². The van der Waals surface area contributed by atoms with Gasteiger partial charge in [0, 0.05) is 26.1 Å². The first-order chi connectivity index (χ1) is 30.1. The van der Waals surface area contributed by atoms with Gasteiger partial charge in [-0.15, -0.1) is 0 Å². The molecule has 11 rings (SSSR count). The summed E-state index contributed by atoms with van der Waals surface area (Å²) in [4.78, 5) is 72.9. The summed E-state index contributed by atoms with van der Waals surface area (Å²) in [6.07, 6.45) is 12.8. The number of likely N-dealkylation sites (tertiary alicyclic amines) is 1. The summed E-state index contributed by atoms with van der Waals surface area (Å²) in [6, 6.07) is 17.5. The number of anilines is 1. The van der Waals surface area contributed by atoms with Gasteiger partial charge in [0.15, 0.2) is 0 Å². The smallest absolute Gasteiger partial charge is 0.282 e. The molecule has 4 aromatic rings. The number of nitrogens with one attached hydrogen (secondary N) is 2. The van der Waals surface area contributed by atoms with Gasteiger partial charge in [-0.3, -0.25) is 43.8 Å². The van der Waals surface area contributed by atoms with Crippen LogP contribution in [0.15, 0.2) is 59.4 Å². The highest BCUT2D eigenvalue weighted by Gasteiger charge is 2.48. The molecule has 2 atom stereocenters. The minimum Gasteiger partial charge on any atom is -0.303 e. The van der Waals surface area contributed by atoms with E-state index in [1.54, 1.807) is 18.2 Å². The van der Waals surface area contributed by atoms with E-state index in [1.807, 2.05) is 30.4 Å². The fourth-order valence-corrected chi connectivity index (χ4v) is 12.6. The van der Waals surface area contributed by atoms with Crippen molar-refractivity contribution in [2.24, 2.45) is 11.8 Å². The number of hydrazine groups is 2. The van der Waals surface area contributed by atoms with Crippen LogP contribution in [-0.2, 0) is 15.0 Å². The number of halogens is 1. The zero-order valence-corrected chi connectivity index (χ0v) is 36.0. The Bertz CT molecular complexity index is 2590. The number of piperidine rings is 2. The summed E-state index contributed by atoms with van der Waals surface area (Å²) in [6.45, 7) is 4.09. The Morgan fingerprint density at radius 3 is 2.39 bits per heavy atom. The van der Waals surface area contributed by atoms with Crippen LogP contribution in [0.25, 0.3) is 16.6 Å². The van der Waals surface area contributed by atoms with Crippen LogP contribution in [0.4, 0.5) is 5.69 Å². The van der Waals surface area contributed by atoms with Crippen molar-refractivity contribution in [3.8, 4) is 5.69 Å². The van der Waals surface area contributed by atoms with Crippen molar-refractivity contribution < 1.29 is 19.2 Å². The van der Waals surface area contributed by atoms with E-state index < -0.39 is 23.8 Å². The van der Waals surface area contributed by atoms with E-state index in [4.69, 9.17) is 16.6 Å². The molecule has 4 amide bonds. The number of aromatic nitrogens is 2. The fraction of sp³-hybridized carbons (Fsp3) is 0.500. The Labute approximate surface area is 365 Å². The number of amides is 4. The topological polar surface area (TPSA) is 140 Å². The summed E-state index contributed by atoms with van der Waals surface area (Å²) < 4.78 is 2.27. The minimum atomic E-state index is -0.981. The first kappa shape index (κ1) is 39.9. The van der Waals surface area contributed by atoms with Crippen LogP contribution in [0, 0.1) is 11.8 Å². The highest BCUT2D eigenvalue weighted by Crippen LogP contribution is 2.52. The molecule has 2 unspecified atom stereocenters. The van der Waals surface area contributed by atoms with E-state index in [9.17, 15) is 24.0 Å². The van der Waals surface area contributed by atoms with Crippen molar-refractivity contribution in [1.82, 2.24) is 35.2 Å². The molecular weight excluding hydrogens is 804 g/mol. The van der Waals surface area contributed by atoms with Crippen LogP contribution >= 0.6 is 11.6 Å². The third-order valence-corrected chi connectivity index (χ3v) is 15.9. The molecular formula is C48H53ClN8O5. The molecule has 2 N–H and O–H groups in total. The molecule has 62 heavy (non-hydrogen) atoms. The van der Waals surface area contributed by atoms with Gasteiger partial charge in [-0.1, -0.05) is 49.1 Å². The molecule has 7 aliphatic rings. The molecule has 5 aliphatic heterocycles. The fourth-order valence-electron chi connectivity index (χ4n) is 12.4. The number of carbonyl (C=O) groups excluding carboxylic acids is 4. The number of benzene rings is 3. The molecule has 322 valence electrons. The minimum absolute atomic E-state index is 0.0921. The molecule has 5 fully saturated rings. The Balaban J connectivity index is 0.708. The summed E-state index contributed by atoms with van der Waals surface area (Å²) in [5, 5.41) is 7.35. The molecule has 1 spiro atoms. The predicted molar refractivity (Wildman–Crippen MR) is 235 cm³/mol. The number of fused-ring (bicyclic) bond motifs is 8. The van der Waals surface area contributed by atoms with Crippen molar-refractivity contribution in [2.45, 2.75) is 107 Å². The van der Waals surface area contributed by atoms with Crippen LogP contribution in [-0.4, -0.2) is 93.4 Å². The predicted octanol–water partition coefficient (Wildman–Crippen LogP) is 6.23. The molecule has 14 heteroatoms. The summed E-state index contributed by atoms with van der Waals surface area (Å²) >= 11 is 6.63. The van der Waals surface area contributed by atoms with E-state index >= 15 is 0 Å². The highest BCUT2D eigenvalue weighted by atomic mass is 35.5. The first-order valence-electron chi connectivity index (χ1n) is 22.8. The largest absolute Gasteiger partial charge is 0.303 e. The average Bonchev–Trinajstić information content (AvgIpc) is 3.88. The SMILES string of the molecule is CN1NC(C2CCC(CN3CCC(c4ccc5c(c4)-n4c(nc(=O)c6c(Cl)cccc64)C54CCCCC4)CC3)CC2)CN1c1ccc2c(c1)C(=O)N(C1CCC(=O)NC1=O)C2=O. The Hall–Kier alpha value is -4.95. The number of imide groups is 2.